The van der Waals surface area contributed by atoms with E-state index < -0.39 is 5.92 Å². The zero-order valence-corrected chi connectivity index (χ0v) is 14.5. The summed E-state index contributed by atoms with van der Waals surface area (Å²) in [5, 5.41) is 0. The lowest BCUT2D eigenvalue weighted by Gasteiger charge is -2.30. The van der Waals surface area contributed by atoms with E-state index in [1.165, 1.54) is 14.2 Å². The van der Waals surface area contributed by atoms with Crippen molar-refractivity contribution < 1.29 is 23.9 Å². The predicted octanol–water partition coefficient (Wildman–Crippen LogP) is 2.90. The van der Waals surface area contributed by atoms with Crippen LogP contribution >= 0.6 is 15.9 Å². The summed E-state index contributed by atoms with van der Waals surface area (Å²) in [6.07, 6.45) is 1.07. The molecule has 0 saturated heterocycles. The van der Waals surface area contributed by atoms with Gasteiger partial charge in [0.05, 0.1) is 25.7 Å². The second kappa shape index (κ2) is 6.07. The molecule has 0 heterocycles. The predicted molar refractivity (Wildman–Crippen MR) is 85.6 cm³/mol. The zero-order chi connectivity index (χ0) is 16.7. The van der Waals surface area contributed by atoms with Crippen LogP contribution in [0.5, 0.6) is 5.75 Å². The van der Waals surface area contributed by atoms with Gasteiger partial charge < -0.3 is 9.47 Å². The molecule has 122 valence electrons. The van der Waals surface area contributed by atoms with Gasteiger partial charge in [-0.1, -0.05) is 15.9 Å². The Bertz CT molecular complexity index is 696. The Hall–Kier alpha value is -1.69. The maximum Gasteiger partial charge on any atom is 0.305 e. The average Bonchev–Trinajstić information content (AvgIpc) is 2.82. The van der Waals surface area contributed by atoms with E-state index in [4.69, 9.17) is 9.47 Å². The number of ether oxygens (including phenoxy) is 2. The van der Waals surface area contributed by atoms with Crippen LogP contribution < -0.4 is 4.74 Å². The van der Waals surface area contributed by atoms with Crippen molar-refractivity contribution in [3.63, 3.8) is 0 Å². The highest BCUT2D eigenvalue weighted by Gasteiger charge is 2.50. The number of ketones is 2. The van der Waals surface area contributed by atoms with E-state index >= 15 is 0 Å². The molecule has 3 rings (SSSR count). The second-order valence-corrected chi connectivity index (χ2v) is 6.89. The van der Waals surface area contributed by atoms with Crippen LogP contribution in [0.3, 0.4) is 0 Å². The van der Waals surface area contributed by atoms with Crippen LogP contribution in [0.2, 0.25) is 0 Å². The van der Waals surface area contributed by atoms with Crippen molar-refractivity contribution in [3.05, 3.63) is 27.7 Å². The van der Waals surface area contributed by atoms with Crippen molar-refractivity contribution in [2.24, 2.45) is 11.8 Å². The van der Waals surface area contributed by atoms with Gasteiger partial charge in [0.2, 0.25) is 0 Å². The number of hydrogen-bond acceptors (Lipinski definition) is 5. The molecule has 0 bridgehead atoms. The molecule has 23 heavy (non-hydrogen) atoms. The van der Waals surface area contributed by atoms with Gasteiger partial charge in [0, 0.05) is 23.2 Å². The SMILES string of the molecule is COC(=O)C[C@@H]1CC(=O)[C@H]2C(=O)c3c(OC)ccc(Br)c3[C@@H]2C1. The van der Waals surface area contributed by atoms with Gasteiger partial charge >= 0.3 is 5.97 Å². The summed E-state index contributed by atoms with van der Waals surface area (Å²) >= 11 is 3.49. The number of halogens is 1. The van der Waals surface area contributed by atoms with E-state index in [1.807, 2.05) is 6.07 Å². The summed E-state index contributed by atoms with van der Waals surface area (Å²) in [6, 6.07) is 3.57. The van der Waals surface area contributed by atoms with E-state index in [-0.39, 0.29) is 42.2 Å². The van der Waals surface area contributed by atoms with Gasteiger partial charge in [-0.25, -0.2) is 0 Å². The average molecular weight is 381 g/mol. The van der Waals surface area contributed by atoms with Gasteiger partial charge in [0.1, 0.15) is 11.5 Å². The minimum Gasteiger partial charge on any atom is -0.496 e. The highest BCUT2D eigenvalue weighted by atomic mass is 79.9. The Kier molecular flexibility index (Phi) is 4.27. The first-order chi connectivity index (χ1) is 11.0. The molecule has 5 nitrogen and oxygen atoms in total. The third-order valence-corrected chi connectivity index (χ3v) is 5.47. The van der Waals surface area contributed by atoms with Gasteiger partial charge in [0.25, 0.3) is 0 Å². The van der Waals surface area contributed by atoms with E-state index in [0.29, 0.717) is 17.7 Å². The second-order valence-electron chi connectivity index (χ2n) is 6.04. The van der Waals surface area contributed by atoms with Crippen LogP contribution in [-0.2, 0) is 14.3 Å². The van der Waals surface area contributed by atoms with Crippen molar-refractivity contribution in [1.82, 2.24) is 0 Å². The number of fused-ring (bicyclic) bond motifs is 3. The largest absolute Gasteiger partial charge is 0.496 e. The van der Waals surface area contributed by atoms with E-state index in [2.05, 4.69) is 15.9 Å². The third-order valence-electron chi connectivity index (χ3n) is 4.78. The lowest BCUT2D eigenvalue weighted by atomic mass is 9.72. The first kappa shape index (κ1) is 16.2. The Morgan fingerprint density at radius 2 is 2.04 bits per heavy atom. The van der Waals surface area contributed by atoms with Crippen LogP contribution in [-0.4, -0.2) is 31.8 Å². The fourth-order valence-electron chi connectivity index (χ4n) is 3.82. The number of methoxy groups -OCH3 is 2. The Morgan fingerprint density at radius 3 is 2.70 bits per heavy atom. The van der Waals surface area contributed by atoms with Crippen molar-refractivity contribution in [3.8, 4) is 5.75 Å². The summed E-state index contributed by atoms with van der Waals surface area (Å²) in [6.45, 7) is 0. The number of esters is 1. The lowest BCUT2D eigenvalue weighted by molar-refractivity contribution is -0.142. The minimum absolute atomic E-state index is 0.0898. The number of rotatable bonds is 3. The number of carbonyl (C=O) groups excluding carboxylic acids is 3. The van der Waals surface area contributed by atoms with Crippen LogP contribution in [0.25, 0.3) is 0 Å². The third kappa shape index (κ3) is 2.59. The Balaban J connectivity index is 2.00. The van der Waals surface area contributed by atoms with Crippen molar-refractivity contribution in [2.75, 3.05) is 14.2 Å². The number of hydrogen-bond donors (Lipinski definition) is 0. The molecule has 3 atom stereocenters. The monoisotopic (exact) mass is 380 g/mol. The number of benzene rings is 1. The molecule has 0 N–H and O–H groups in total. The molecule has 1 aromatic carbocycles. The molecule has 0 aromatic heterocycles. The van der Waals surface area contributed by atoms with Crippen molar-refractivity contribution in [2.45, 2.75) is 25.2 Å². The van der Waals surface area contributed by atoms with Crippen LogP contribution in [0.1, 0.15) is 41.1 Å². The fraction of sp³-hybridized carbons (Fsp3) is 0.471. The quantitative estimate of drug-likeness (QED) is 0.595. The topological polar surface area (TPSA) is 69.7 Å². The molecule has 0 amide bonds. The van der Waals surface area contributed by atoms with Gasteiger partial charge in [-0.2, -0.15) is 0 Å². The first-order valence-electron chi connectivity index (χ1n) is 7.48. The molecule has 0 spiro atoms. The maximum atomic E-state index is 12.7. The van der Waals surface area contributed by atoms with Gasteiger partial charge in [0.15, 0.2) is 5.78 Å². The van der Waals surface area contributed by atoms with Crippen molar-refractivity contribution in [1.29, 1.82) is 0 Å². The molecule has 0 radical (unpaired) electrons. The summed E-state index contributed by atoms with van der Waals surface area (Å²) in [4.78, 5) is 36.8. The molecule has 2 aliphatic carbocycles. The van der Waals surface area contributed by atoms with Gasteiger partial charge in [-0.3, -0.25) is 14.4 Å². The Morgan fingerprint density at radius 1 is 1.30 bits per heavy atom. The molecule has 1 saturated carbocycles. The van der Waals surface area contributed by atoms with E-state index in [9.17, 15) is 14.4 Å². The Labute approximate surface area is 142 Å². The zero-order valence-electron chi connectivity index (χ0n) is 12.9. The molecule has 1 aromatic rings. The summed E-state index contributed by atoms with van der Waals surface area (Å²) < 4.78 is 10.8. The maximum absolute atomic E-state index is 12.7. The summed E-state index contributed by atoms with van der Waals surface area (Å²) in [5.74, 6) is -1.01. The minimum atomic E-state index is -0.647. The van der Waals surface area contributed by atoms with Crippen LogP contribution in [0, 0.1) is 11.8 Å². The lowest BCUT2D eigenvalue weighted by Crippen LogP contribution is -2.33. The smallest absolute Gasteiger partial charge is 0.305 e. The fourth-order valence-corrected chi connectivity index (χ4v) is 4.44. The van der Waals surface area contributed by atoms with Gasteiger partial charge in [-0.15, -0.1) is 0 Å². The van der Waals surface area contributed by atoms with Gasteiger partial charge in [-0.05, 0) is 30.0 Å². The standard InChI is InChI=1S/C17H17BrO5/c1-22-12-4-3-10(18)14-9-5-8(7-13(20)23-2)6-11(19)15(9)17(21)16(12)14/h3-4,8-9,15H,5-7H2,1-2H3/t8-,9-,15-/m0/s1. The van der Waals surface area contributed by atoms with Crippen LogP contribution in [0.4, 0.5) is 0 Å². The highest BCUT2D eigenvalue weighted by Crippen LogP contribution is 2.52. The molecular weight excluding hydrogens is 364 g/mol. The molecule has 1 fully saturated rings. The van der Waals surface area contributed by atoms with Crippen LogP contribution in [0.15, 0.2) is 16.6 Å². The molecule has 2 aliphatic rings. The highest BCUT2D eigenvalue weighted by molar-refractivity contribution is 9.10. The first-order valence-corrected chi connectivity index (χ1v) is 8.27. The molecule has 0 unspecified atom stereocenters. The number of Topliss-reactive ketones (excluding diaryl/α,β-unsaturated/α-hetero) is 2. The number of carbonyl (C=O) groups is 3. The van der Waals surface area contributed by atoms with E-state index in [1.54, 1.807) is 6.07 Å². The summed E-state index contributed by atoms with van der Waals surface area (Å²) in [7, 11) is 2.85. The van der Waals surface area contributed by atoms with E-state index in [0.717, 1.165) is 10.0 Å². The summed E-state index contributed by atoms with van der Waals surface area (Å²) in [5.41, 5.74) is 1.34. The molecule has 6 heteroatoms. The molecule has 0 aliphatic heterocycles. The normalized spacial score (nSPS) is 25.8. The van der Waals surface area contributed by atoms with Crippen molar-refractivity contribution >= 4 is 33.5 Å². The molecular formula is C17H17BrO5.